The maximum Gasteiger partial charge on any atom is 0.324 e. The van der Waals surface area contributed by atoms with Crippen LogP contribution in [0.4, 0.5) is 0 Å². The molecule has 0 radical (unpaired) electrons. The highest BCUT2D eigenvalue weighted by atomic mass is 16.4. The number of nitrogens with one attached hydrogen (secondary N) is 1. The van der Waals surface area contributed by atoms with Crippen LogP contribution >= 0.6 is 0 Å². The molecule has 1 heterocycles. The van der Waals surface area contributed by atoms with Gasteiger partial charge in [0.05, 0.1) is 0 Å². The number of nitrogens with zero attached hydrogens (tertiary/aromatic N) is 2. The summed E-state index contributed by atoms with van der Waals surface area (Å²) in [4.78, 5) is 16.3. The van der Waals surface area contributed by atoms with Gasteiger partial charge >= 0.3 is 5.97 Å². The van der Waals surface area contributed by atoms with Crippen LogP contribution in [-0.4, -0.2) is 71.7 Å². The van der Waals surface area contributed by atoms with Crippen LogP contribution in [0.25, 0.3) is 0 Å². The third-order valence-corrected chi connectivity index (χ3v) is 4.20. The fourth-order valence-electron chi connectivity index (χ4n) is 2.95. The second-order valence-electron chi connectivity index (χ2n) is 7.03. The molecule has 0 bridgehead atoms. The Kier molecular flexibility index (Phi) is 5.04. The summed E-state index contributed by atoms with van der Waals surface area (Å²) in [6, 6.07) is 0.415. The van der Waals surface area contributed by atoms with Crippen molar-refractivity contribution in [2.75, 3.05) is 39.3 Å². The van der Waals surface area contributed by atoms with Gasteiger partial charge in [0, 0.05) is 45.3 Å². The van der Waals surface area contributed by atoms with Gasteiger partial charge in [-0.05, 0) is 25.7 Å². The monoisotopic (exact) mass is 283 g/mol. The van der Waals surface area contributed by atoms with Crippen LogP contribution in [-0.2, 0) is 4.79 Å². The number of carbonyl (C=O) groups is 1. The lowest BCUT2D eigenvalue weighted by atomic mass is 10.0. The van der Waals surface area contributed by atoms with Crippen molar-refractivity contribution in [1.29, 1.82) is 0 Å². The average Bonchev–Trinajstić information content (AvgIpc) is 3.14. The van der Waals surface area contributed by atoms with Gasteiger partial charge in [0.25, 0.3) is 0 Å². The van der Waals surface area contributed by atoms with Gasteiger partial charge in [-0.1, -0.05) is 13.8 Å². The number of carboxylic acid groups (broad SMARTS) is 1. The number of piperazine rings is 1. The Morgan fingerprint density at radius 1 is 1.25 bits per heavy atom. The molecule has 1 unspecified atom stereocenters. The van der Waals surface area contributed by atoms with Crippen molar-refractivity contribution in [2.24, 2.45) is 5.92 Å². The SMILES string of the molecule is CC(C)CN1CCN(CC(C)(NC2CC2)C(=O)O)CC1. The second kappa shape index (κ2) is 6.41. The third-order valence-electron chi connectivity index (χ3n) is 4.20. The minimum atomic E-state index is -0.804. The van der Waals surface area contributed by atoms with Crippen LogP contribution in [0.5, 0.6) is 0 Å². The lowest BCUT2D eigenvalue weighted by molar-refractivity contribution is -0.145. The average molecular weight is 283 g/mol. The van der Waals surface area contributed by atoms with Crippen LogP contribution in [0, 0.1) is 5.92 Å². The molecule has 2 rings (SSSR count). The maximum atomic E-state index is 11.6. The van der Waals surface area contributed by atoms with Gasteiger partial charge in [-0.25, -0.2) is 0 Å². The summed E-state index contributed by atoms with van der Waals surface area (Å²) >= 11 is 0. The molecular weight excluding hydrogens is 254 g/mol. The van der Waals surface area contributed by atoms with Crippen LogP contribution in [0.15, 0.2) is 0 Å². The third kappa shape index (κ3) is 4.43. The summed E-state index contributed by atoms with van der Waals surface area (Å²) in [6.07, 6.45) is 2.23. The molecule has 1 aliphatic carbocycles. The zero-order valence-corrected chi connectivity index (χ0v) is 13.1. The van der Waals surface area contributed by atoms with Crippen LogP contribution < -0.4 is 5.32 Å². The molecule has 1 saturated carbocycles. The van der Waals surface area contributed by atoms with E-state index in [1.807, 2.05) is 6.92 Å². The van der Waals surface area contributed by atoms with Crippen molar-refractivity contribution in [3.05, 3.63) is 0 Å². The van der Waals surface area contributed by atoms with Crippen molar-refractivity contribution in [3.63, 3.8) is 0 Å². The van der Waals surface area contributed by atoms with E-state index in [0.717, 1.165) is 45.6 Å². The summed E-state index contributed by atoms with van der Waals surface area (Å²) in [5, 5.41) is 12.8. The molecule has 20 heavy (non-hydrogen) atoms. The summed E-state index contributed by atoms with van der Waals surface area (Å²) in [5.41, 5.74) is -0.804. The van der Waals surface area contributed by atoms with Gasteiger partial charge in [0.15, 0.2) is 0 Å². The van der Waals surface area contributed by atoms with Crippen molar-refractivity contribution in [3.8, 4) is 0 Å². The summed E-state index contributed by atoms with van der Waals surface area (Å²) in [7, 11) is 0. The molecule has 5 heteroatoms. The standard InChI is InChI=1S/C15H29N3O2/c1-12(2)10-17-6-8-18(9-7-17)11-15(3,14(19)20)16-13-4-5-13/h12-13,16H,4-11H2,1-3H3,(H,19,20). The quantitative estimate of drug-likeness (QED) is 0.726. The predicted octanol–water partition coefficient (Wildman–Crippen LogP) is 0.855. The van der Waals surface area contributed by atoms with E-state index >= 15 is 0 Å². The van der Waals surface area contributed by atoms with Gasteiger partial charge in [-0.3, -0.25) is 15.0 Å². The molecule has 0 aromatic carbocycles. The summed E-state index contributed by atoms with van der Waals surface area (Å²) in [6.45, 7) is 12.1. The minimum absolute atomic E-state index is 0.415. The van der Waals surface area contributed by atoms with E-state index in [4.69, 9.17) is 0 Å². The first-order valence-corrected chi connectivity index (χ1v) is 7.85. The summed E-state index contributed by atoms with van der Waals surface area (Å²) in [5.74, 6) is -0.0311. The lowest BCUT2D eigenvalue weighted by Crippen LogP contribution is -2.60. The fourth-order valence-corrected chi connectivity index (χ4v) is 2.95. The maximum absolute atomic E-state index is 11.6. The zero-order chi connectivity index (χ0) is 14.8. The van der Waals surface area contributed by atoms with Gasteiger partial charge in [0.1, 0.15) is 5.54 Å². The van der Waals surface area contributed by atoms with E-state index in [0.29, 0.717) is 18.5 Å². The molecule has 0 aromatic rings. The smallest absolute Gasteiger partial charge is 0.324 e. The molecular formula is C15H29N3O2. The predicted molar refractivity (Wildman–Crippen MR) is 79.9 cm³/mol. The number of carboxylic acids is 1. The Bertz CT molecular complexity index is 336. The van der Waals surface area contributed by atoms with E-state index in [1.165, 1.54) is 0 Å². The van der Waals surface area contributed by atoms with Crippen molar-refractivity contribution < 1.29 is 9.90 Å². The first-order chi connectivity index (χ1) is 9.39. The largest absolute Gasteiger partial charge is 0.480 e. The number of aliphatic carboxylic acids is 1. The fraction of sp³-hybridized carbons (Fsp3) is 0.933. The molecule has 1 saturated heterocycles. The Hall–Kier alpha value is -0.650. The highest BCUT2D eigenvalue weighted by Crippen LogP contribution is 2.23. The summed E-state index contributed by atoms with van der Waals surface area (Å²) < 4.78 is 0. The minimum Gasteiger partial charge on any atom is -0.480 e. The van der Waals surface area contributed by atoms with Crippen molar-refractivity contribution >= 4 is 5.97 Å². The van der Waals surface area contributed by atoms with E-state index in [-0.39, 0.29) is 0 Å². The number of hydrogen-bond donors (Lipinski definition) is 2. The Balaban J connectivity index is 1.81. The van der Waals surface area contributed by atoms with Gasteiger partial charge in [0.2, 0.25) is 0 Å². The zero-order valence-electron chi connectivity index (χ0n) is 13.1. The highest BCUT2D eigenvalue weighted by molar-refractivity contribution is 5.78. The van der Waals surface area contributed by atoms with Crippen LogP contribution in [0.3, 0.4) is 0 Å². The molecule has 2 N–H and O–H groups in total. The van der Waals surface area contributed by atoms with Gasteiger partial charge in [-0.15, -0.1) is 0 Å². The Labute approximate surface area is 122 Å². The first kappa shape index (κ1) is 15.7. The first-order valence-electron chi connectivity index (χ1n) is 7.85. The van der Waals surface area contributed by atoms with Crippen LogP contribution in [0.1, 0.15) is 33.6 Å². The van der Waals surface area contributed by atoms with E-state index in [2.05, 4.69) is 29.0 Å². The van der Waals surface area contributed by atoms with Gasteiger partial charge < -0.3 is 10.0 Å². The molecule has 5 nitrogen and oxygen atoms in total. The van der Waals surface area contributed by atoms with Crippen LogP contribution in [0.2, 0.25) is 0 Å². The molecule has 116 valence electrons. The second-order valence-corrected chi connectivity index (χ2v) is 7.03. The Morgan fingerprint density at radius 3 is 2.25 bits per heavy atom. The molecule has 1 atom stereocenters. The molecule has 0 aromatic heterocycles. The lowest BCUT2D eigenvalue weighted by Gasteiger charge is -2.39. The molecule has 0 spiro atoms. The highest BCUT2D eigenvalue weighted by Gasteiger charge is 2.40. The van der Waals surface area contributed by atoms with Crippen molar-refractivity contribution in [1.82, 2.24) is 15.1 Å². The van der Waals surface area contributed by atoms with E-state index in [1.54, 1.807) is 0 Å². The van der Waals surface area contributed by atoms with E-state index < -0.39 is 11.5 Å². The van der Waals surface area contributed by atoms with E-state index in [9.17, 15) is 9.90 Å². The Morgan fingerprint density at radius 2 is 1.80 bits per heavy atom. The van der Waals surface area contributed by atoms with Crippen molar-refractivity contribution in [2.45, 2.75) is 45.2 Å². The van der Waals surface area contributed by atoms with Gasteiger partial charge in [-0.2, -0.15) is 0 Å². The number of rotatable bonds is 7. The molecule has 2 aliphatic rings. The normalized spacial score (nSPS) is 24.8. The molecule has 0 amide bonds. The molecule has 2 fully saturated rings. The topological polar surface area (TPSA) is 55.8 Å². The number of hydrogen-bond acceptors (Lipinski definition) is 4. The molecule has 1 aliphatic heterocycles.